The molecule has 1 amide bonds. The van der Waals surface area contributed by atoms with Gasteiger partial charge in [-0.25, -0.2) is 9.97 Å². The number of carbonyl (C=O) groups is 1. The lowest BCUT2D eigenvalue weighted by Crippen LogP contribution is -2.33. The number of hydrogen-bond donors (Lipinski definition) is 0. The molecule has 2 aliphatic rings. The average Bonchev–Trinajstić information content (AvgIpc) is 3.35. The molecular weight excluding hydrogens is 510 g/mol. The monoisotopic (exact) mass is 547 g/mol. The summed E-state index contributed by atoms with van der Waals surface area (Å²) in [6.45, 7) is 5.37. The lowest BCUT2D eigenvalue weighted by molar-refractivity contribution is 0.0781. The quantitative estimate of drug-likeness (QED) is 0.294. The number of aryl methyl sites for hydroxylation is 1. The summed E-state index contributed by atoms with van der Waals surface area (Å²) in [5.74, 6) is 1.69. The second-order valence-electron chi connectivity index (χ2n) is 11.3. The van der Waals surface area contributed by atoms with Gasteiger partial charge < -0.3 is 9.80 Å². The number of benzene rings is 1. The molecule has 0 bridgehead atoms. The van der Waals surface area contributed by atoms with Crippen LogP contribution < -0.4 is 4.90 Å². The third kappa shape index (κ3) is 5.38. The van der Waals surface area contributed by atoms with Gasteiger partial charge in [-0.05, 0) is 68.9 Å². The molecule has 1 atom stereocenters. The maximum Gasteiger partial charge on any atom is 0.258 e. The zero-order valence-corrected chi connectivity index (χ0v) is 24.3. The van der Waals surface area contributed by atoms with E-state index in [1.54, 1.807) is 6.20 Å². The number of pyridine rings is 1. The molecule has 41 heavy (non-hydrogen) atoms. The molecule has 8 heteroatoms. The highest BCUT2D eigenvalue weighted by Gasteiger charge is 2.33. The molecule has 4 aromatic rings. The Bertz CT molecular complexity index is 1670. The smallest absolute Gasteiger partial charge is 0.258 e. The number of anilines is 1. The van der Waals surface area contributed by atoms with Crippen LogP contribution in [0, 0.1) is 5.92 Å². The zero-order valence-electron chi connectivity index (χ0n) is 24.3. The first-order chi connectivity index (χ1) is 19.9. The van der Waals surface area contributed by atoms with Gasteiger partial charge in [0.15, 0.2) is 5.82 Å². The Hall–Kier alpha value is -4.33. The summed E-state index contributed by atoms with van der Waals surface area (Å²) >= 11 is 0. The van der Waals surface area contributed by atoms with Gasteiger partial charge in [-0.2, -0.15) is 5.10 Å². The highest BCUT2D eigenvalue weighted by atomic mass is 16.2. The van der Waals surface area contributed by atoms with Crippen molar-refractivity contribution in [2.24, 2.45) is 13.0 Å². The van der Waals surface area contributed by atoms with E-state index in [1.807, 2.05) is 66.5 Å². The molecule has 1 aliphatic carbocycles. The first-order valence-electron chi connectivity index (χ1n) is 14.5. The maximum absolute atomic E-state index is 14.2. The number of amides is 1. The Labute approximate surface area is 241 Å². The molecule has 0 radical (unpaired) electrons. The number of hydrogen-bond acceptors (Lipinski definition) is 6. The number of carbonyl (C=O) groups excluding carboxylic acids is 1. The first-order valence-corrected chi connectivity index (χ1v) is 14.5. The summed E-state index contributed by atoms with van der Waals surface area (Å²) in [5.41, 5.74) is 7.51. The fraction of sp³-hybridized carbons (Fsp3) is 0.364. The third-order valence-corrected chi connectivity index (χ3v) is 8.42. The summed E-state index contributed by atoms with van der Waals surface area (Å²) in [6.07, 6.45) is 14.8. The van der Waals surface area contributed by atoms with E-state index in [2.05, 4.69) is 41.0 Å². The molecule has 0 saturated carbocycles. The minimum Gasteiger partial charge on any atom is -0.355 e. The summed E-state index contributed by atoms with van der Waals surface area (Å²) < 4.78 is 1.81. The van der Waals surface area contributed by atoms with E-state index in [0.29, 0.717) is 18.9 Å². The Kier molecular flexibility index (Phi) is 7.39. The summed E-state index contributed by atoms with van der Waals surface area (Å²) in [6, 6.07) is 9.95. The van der Waals surface area contributed by atoms with Crippen LogP contribution in [0.15, 0.2) is 78.0 Å². The van der Waals surface area contributed by atoms with Crippen molar-refractivity contribution in [1.29, 1.82) is 0 Å². The first kappa shape index (κ1) is 26.9. The van der Waals surface area contributed by atoms with E-state index in [4.69, 9.17) is 9.97 Å². The fourth-order valence-electron chi connectivity index (χ4n) is 6.31. The van der Waals surface area contributed by atoms with Gasteiger partial charge in [-0.15, -0.1) is 0 Å². The van der Waals surface area contributed by atoms with E-state index in [1.165, 1.54) is 11.1 Å². The van der Waals surface area contributed by atoms with Gasteiger partial charge >= 0.3 is 0 Å². The van der Waals surface area contributed by atoms with E-state index < -0.39 is 0 Å². The normalized spacial score (nSPS) is 17.5. The van der Waals surface area contributed by atoms with Crippen LogP contribution in [0.2, 0.25) is 0 Å². The van der Waals surface area contributed by atoms with Crippen LogP contribution in [0.1, 0.15) is 66.8 Å². The van der Waals surface area contributed by atoms with Crippen LogP contribution in [-0.4, -0.2) is 42.6 Å². The Balaban J connectivity index is 1.45. The lowest BCUT2D eigenvalue weighted by Gasteiger charge is -2.30. The predicted molar refractivity (Wildman–Crippen MR) is 161 cm³/mol. The number of para-hydroxylation sites is 1. The van der Waals surface area contributed by atoms with Crippen LogP contribution in [0.5, 0.6) is 0 Å². The van der Waals surface area contributed by atoms with Crippen molar-refractivity contribution in [1.82, 2.24) is 29.6 Å². The van der Waals surface area contributed by atoms with Gasteiger partial charge in [0.25, 0.3) is 5.91 Å². The molecule has 3 aromatic heterocycles. The van der Waals surface area contributed by atoms with Crippen molar-refractivity contribution in [3.63, 3.8) is 0 Å². The average molecular weight is 548 g/mol. The number of rotatable bonds is 6. The van der Waals surface area contributed by atoms with Crippen LogP contribution >= 0.6 is 0 Å². The van der Waals surface area contributed by atoms with Gasteiger partial charge in [0.1, 0.15) is 5.82 Å². The molecule has 1 unspecified atom stereocenters. The van der Waals surface area contributed by atoms with Crippen molar-refractivity contribution in [2.45, 2.75) is 59.0 Å². The van der Waals surface area contributed by atoms with Crippen molar-refractivity contribution >= 4 is 22.6 Å². The van der Waals surface area contributed by atoms with Gasteiger partial charge in [0, 0.05) is 67.4 Å². The Morgan fingerprint density at radius 1 is 1.12 bits per heavy atom. The Morgan fingerprint density at radius 3 is 2.78 bits per heavy atom. The van der Waals surface area contributed by atoms with Crippen LogP contribution in [0.25, 0.3) is 10.9 Å². The van der Waals surface area contributed by atoms with E-state index in [9.17, 15) is 4.79 Å². The third-order valence-electron chi connectivity index (χ3n) is 8.42. The van der Waals surface area contributed by atoms with E-state index in [0.717, 1.165) is 71.2 Å². The van der Waals surface area contributed by atoms with Gasteiger partial charge in [-0.3, -0.25) is 14.5 Å². The largest absolute Gasteiger partial charge is 0.355 e. The molecule has 210 valence electrons. The number of nitrogens with zero attached hydrogens (tertiary/aromatic N) is 7. The molecule has 0 spiro atoms. The number of aromatic nitrogens is 5. The maximum atomic E-state index is 14.2. The van der Waals surface area contributed by atoms with Crippen molar-refractivity contribution in [2.75, 3.05) is 11.9 Å². The van der Waals surface area contributed by atoms with Crippen LogP contribution in [-0.2, 0) is 26.6 Å². The fourth-order valence-corrected chi connectivity index (χ4v) is 6.31. The summed E-state index contributed by atoms with van der Waals surface area (Å²) in [5, 5.41) is 5.31. The second kappa shape index (κ2) is 11.3. The van der Waals surface area contributed by atoms with Crippen molar-refractivity contribution in [3.05, 3.63) is 101 Å². The minimum atomic E-state index is -0.00963. The van der Waals surface area contributed by atoms with Gasteiger partial charge in [0.2, 0.25) is 0 Å². The molecule has 1 aromatic carbocycles. The lowest BCUT2D eigenvalue weighted by atomic mass is 9.86. The van der Waals surface area contributed by atoms with Gasteiger partial charge in [0.05, 0.1) is 18.3 Å². The topological polar surface area (TPSA) is 80.0 Å². The van der Waals surface area contributed by atoms with Crippen molar-refractivity contribution in [3.8, 4) is 0 Å². The van der Waals surface area contributed by atoms with Crippen LogP contribution in [0.4, 0.5) is 5.82 Å². The molecule has 1 aliphatic heterocycles. The number of fused-ring (bicyclic) bond motifs is 3. The van der Waals surface area contributed by atoms with E-state index in [-0.39, 0.29) is 11.8 Å². The molecule has 0 saturated heterocycles. The van der Waals surface area contributed by atoms with E-state index >= 15 is 0 Å². The molecule has 6 rings (SSSR count). The predicted octanol–water partition coefficient (Wildman–Crippen LogP) is 6.00. The highest BCUT2D eigenvalue weighted by Crippen LogP contribution is 2.37. The minimum absolute atomic E-state index is 0.00963. The summed E-state index contributed by atoms with van der Waals surface area (Å²) in [7, 11) is 3.96. The molecule has 0 fully saturated rings. The molecule has 0 N–H and O–H groups in total. The van der Waals surface area contributed by atoms with Crippen LogP contribution in [0.3, 0.4) is 0 Å². The summed E-state index contributed by atoms with van der Waals surface area (Å²) in [4.78, 5) is 32.7. The van der Waals surface area contributed by atoms with Crippen molar-refractivity contribution < 1.29 is 4.79 Å². The standard InChI is InChI=1S/C33H37N7O/c1-5-24-9-8-10-25-16-26-18-34-14-13-27(26)33(41)40(30(25)15-22(24)2)21-31-36-29-12-7-6-11-28(29)32(37-31)38(3)19-23-17-35-39(4)20-23/h6-7,11-15,17-18,20,25H,5,8-10,16,19,21H2,1-4H3. The molecule has 4 heterocycles. The number of allylic oxidation sites excluding steroid dienone is 4. The molecular formula is C33H37N7O. The zero-order chi connectivity index (χ0) is 28.5. The SMILES string of the molecule is CCC1=C(C)C=C2C(CCC1)Cc1cnccc1C(=O)N2Cc1nc(N(C)Cc2cnn(C)c2)c2ccccc2n1. The highest BCUT2D eigenvalue weighted by molar-refractivity contribution is 5.97. The van der Waals surface area contributed by atoms with Gasteiger partial charge in [-0.1, -0.05) is 30.2 Å². The second-order valence-corrected chi connectivity index (χ2v) is 11.3. The molecule has 8 nitrogen and oxygen atoms in total. The Morgan fingerprint density at radius 2 is 1.98 bits per heavy atom.